The van der Waals surface area contributed by atoms with Gasteiger partial charge in [-0.3, -0.25) is 4.99 Å². The molecule has 3 rings (SSSR count). The van der Waals surface area contributed by atoms with Crippen LogP contribution < -0.4 is 20.1 Å². The lowest BCUT2D eigenvalue weighted by Gasteiger charge is -2.32. The molecule has 0 aromatic heterocycles. The molecule has 1 aliphatic carbocycles. The highest BCUT2D eigenvalue weighted by atomic mass is 127. The van der Waals surface area contributed by atoms with E-state index in [2.05, 4.69) is 15.6 Å². The number of ether oxygens (including phenoxy) is 3. The lowest BCUT2D eigenvalue weighted by Crippen LogP contribution is -2.49. The van der Waals surface area contributed by atoms with E-state index < -0.39 is 0 Å². The first-order chi connectivity index (χ1) is 15.1. The average Bonchev–Trinajstić information content (AvgIpc) is 3.31. The van der Waals surface area contributed by atoms with Gasteiger partial charge < -0.3 is 29.7 Å². The minimum atomic E-state index is -0.224. The largest absolute Gasteiger partial charge is 0.497 e. The van der Waals surface area contributed by atoms with Crippen molar-refractivity contribution in [2.75, 3.05) is 33.9 Å². The third-order valence-electron chi connectivity index (χ3n) is 5.90. The number of likely N-dealkylation sites (tertiary alicyclic amines) is 1. The van der Waals surface area contributed by atoms with E-state index in [0.29, 0.717) is 26.2 Å². The Balaban J connectivity index is 0.00000363. The van der Waals surface area contributed by atoms with Gasteiger partial charge >= 0.3 is 6.09 Å². The second-order valence-corrected chi connectivity index (χ2v) is 8.03. The Bertz CT molecular complexity index is 748. The van der Waals surface area contributed by atoms with Crippen LogP contribution in [-0.2, 0) is 11.3 Å². The van der Waals surface area contributed by atoms with E-state index in [-0.39, 0.29) is 42.2 Å². The van der Waals surface area contributed by atoms with Gasteiger partial charge in [-0.25, -0.2) is 4.79 Å². The van der Waals surface area contributed by atoms with Gasteiger partial charge in [0, 0.05) is 44.4 Å². The van der Waals surface area contributed by atoms with Gasteiger partial charge in [0.1, 0.15) is 11.5 Å². The smallest absolute Gasteiger partial charge is 0.409 e. The van der Waals surface area contributed by atoms with Gasteiger partial charge in [0.15, 0.2) is 5.96 Å². The fourth-order valence-corrected chi connectivity index (χ4v) is 4.09. The molecule has 2 fully saturated rings. The van der Waals surface area contributed by atoms with Gasteiger partial charge in [0.25, 0.3) is 0 Å². The number of guanidine groups is 1. The molecule has 8 nitrogen and oxygen atoms in total. The zero-order chi connectivity index (χ0) is 22.1. The van der Waals surface area contributed by atoms with Crippen LogP contribution in [0.5, 0.6) is 11.5 Å². The van der Waals surface area contributed by atoms with E-state index >= 15 is 0 Å². The van der Waals surface area contributed by atoms with Gasteiger partial charge in [-0.05, 0) is 57.6 Å². The Kier molecular flexibility index (Phi) is 11.2. The number of nitrogens with zero attached hydrogens (tertiary/aromatic N) is 2. The molecule has 1 aromatic carbocycles. The Labute approximate surface area is 208 Å². The third kappa shape index (κ3) is 7.60. The number of hydrogen-bond acceptors (Lipinski definition) is 5. The molecule has 1 amide bonds. The Morgan fingerprint density at radius 1 is 1.19 bits per heavy atom. The van der Waals surface area contributed by atoms with E-state index in [1.54, 1.807) is 19.1 Å². The number of hydrogen-bond donors (Lipinski definition) is 2. The summed E-state index contributed by atoms with van der Waals surface area (Å²) in [7, 11) is 3.44. The van der Waals surface area contributed by atoms with Crippen molar-refractivity contribution < 1.29 is 19.0 Å². The number of aliphatic imine (C=N–C) groups is 1. The molecule has 0 bridgehead atoms. The van der Waals surface area contributed by atoms with Gasteiger partial charge in [0.05, 0.1) is 19.8 Å². The SMILES string of the molecule is CCOC(=O)N1CCC(NC(=NC)NCc2ccc(OC)cc2OC2CCCC2)CC1.I. The van der Waals surface area contributed by atoms with Gasteiger partial charge in [-0.15, -0.1) is 24.0 Å². The van der Waals surface area contributed by atoms with Crippen molar-refractivity contribution in [2.24, 2.45) is 4.99 Å². The summed E-state index contributed by atoms with van der Waals surface area (Å²) in [5.41, 5.74) is 1.08. The van der Waals surface area contributed by atoms with Crippen LogP contribution in [-0.4, -0.2) is 63.0 Å². The zero-order valence-corrected chi connectivity index (χ0v) is 21.7. The van der Waals surface area contributed by atoms with Crippen LogP contribution >= 0.6 is 24.0 Å². The molecule has 0 atom stereocenters. The molecule has 180 valence electrons. The number of benzene rings is 1. The lowest BCUT2D eigenvalue weighted by atomic mass is 10.1. The molecule has 1 saturated carbocycles. The first-order valence-corrected chi connectivity index (χ1v) is 11.3. The fourth-order valence-electron chi connectivity index (χ4n) is 4.09. The summed E-state index contributed by atoms with van der Waals surface area (Å²) in [6.45, 7) is 4.21. The van der Waals surface area contributed by atoms with Gasteiger partial charge in [-0.1, -0.05) is 0 Å². The van der Waals surface area contributed by atoms with Crippen molar-refractivity contribution >= 4 is 36.0 Å². The van der Waals surface area contributed by atoms with Crippen molar-refractivity contribution in [3.05, 3.63) is 23.8 Å². The second kappa shape index (κ2) is 13.6. The number of rotatable bonds is 7. The number of nitrogens with one attached hydrogen (secondary N) is 2. The first-order valence-electron chi connectivity index (χ1n) is 11.3. The van der Waals surface area contributed by atoms with Crippen LogP contribution in [0.3, 0.4) is 0 Å². The van der Waals surface area contributed by atoms with Gasteiger partial charge in [0.2, 0.25) is 0 Å². The van der Waals surface area contributed by atoms with Crippen molar-refractivity contribution in [2.45, 2.75) is 64.1 Å². The highest BCUT2D eigenvalue weighted by Crippen LogP contribution is 2.30. The molecule has 1 aromatic rings. The monoisotopic (exact) mass is 560 g/mol. The average molecular weight is 560 g/mol. The standard InChI is InChI=1S/C23H36N4O4.HI/c1-4-30-23(28)27-13-11-18(12-14-27)26-22(24-2)25-16-17-9-10-20(29-3)15-21(17)31-19-7-5-6-8-19;/h9-10,15,18-19H,4-8,11-14,16H2,1-3H3,(H2,24,25,26);1H. The molecule has 1 aliphatic heterocycles. The maximum absolute atomic E-state index is 11.9. The van der Waals surface area contributed by atoms with Crippen LogP contribution in [0.4, 0.5) is 4.79 Å². The van der Waals surface area contributed by atoms with E-state index in [1.165, 1.54) is 12.8 Å². The molecule has 0 spiro atoms. The summed E-state index contributed by atoms with van der Waals surface area (Å²) in [5, 5.41) is 6.88. The predicted molar refractivity (Wildman–Crippen MR) is 136 cm³/mol. The van der Waals surface area contributed by atoms with Crippen molar-refractivity contribution in [3.63, 3.8) is 0 Å². The van der Waals surface area contributed by atoms with E-state index in [0.717, 1.165) is 48.7 Å². The van der Waals surface area contributed by atoms with Gasteiger partial charge in [-0.2, -0.15) is 0 Å². The number of carbonyl (C=O) groups excluding carboxylic acids is 1. The Hall–Kier alpha value is -1.91. The molecule has 0 unspecified atom stereocenters. The zero-order valence-electron chi connectivity index (χ0n) is 19.4. The van der Waals surface area contributed by atoms with E-state index in [9.17, 15) is 4.79 Å². The summed E-state index contributed by atoms with van der Waals surface area (Å²) in [4.78, 5) is 18.0. The van der Waals surface area contributed by atoms with Crippen molar-refractivity contribution in [1.29, 1.82) is 0 Å². The number of carbonyl (C=O) groups is 1. The second-order valence-electron chi connectivity index (χ2n) is 8.03. The maximum Gasteiger partial charge on any atom is 0.409 e. The van der Waals surface area contributed by atoms with Crippen molar-refractivity contribution in [1.82, 2.24) is 15.5 Å². The molecular formula is C23H37IN4O4. The lowest BCUT2D eigenvalue weighted by molar-refractivity contribution is 0.0963. The van der Waals surface area contributed by atoms with Crippen LogP contribution in [0.1, 0.15) is 51.0 Å². The number of piperidine rings is 1. The minimum Gasteiger partial charge on any atom is -0.497 e. The number of methoxy groups -OCH3 is 1. The summed E-state index contributed by atoms with van der Waals surface area (Å²) < 4.78 is 16.8. The topological polar surface area (TPSA) is 84.4 Å². The molecule has 32 heavy (non-hydrogen) atoms. The quantitative estimate of drug-likeness (QED) is 0.299. The predicted octanol–water partition coefficient (Wildman–Crippen LogP) is 3.92. The molecule has 2 N–H and O–H groups in total. The summed E-state index contributed by atoms with van der Waals surface area (Å²) in [6, 6.07) is 6.24. The third-order valence-corrected chi connectivity index (χ3v) is 5.90. The molecule has 0 radical (unpaired) electrons. The maximum atomic E-state index is 11.9. The van der Waals surface area contributed by atoms with E-state index in [1.807, 2.05) is 25.1 Å². The van der Waals surface area contributed by atoms with Crippen LogP contribution in [0.15, 0.2) is 23.2 Å². The molecule has 2 aliphatic rings. The van der Waals surface area contributed by atoms with Crippen LogP contribution in [0.2, 0.25) is 0 Å². The highest BCUT2D eigenvalue weighted by Gasteiger charge is 2.24. The molecule has 1 saturated heterocycles. The summed E-state index contributed by atoms with van der Waals surface area (Å²) in [6.07, 6.45) is 6.46. The Morgan fingerprint density at radius 2 is 1.91 bits per heavy atom. The van der Waals surface area contributed by atoms with Crippen LogP contribution in [0, 0.1) is 0 Å². The van der Waals surface area contributed by atoms with E-state index in [4.69, 9.17) is 14.2 Å². The normalized spacial score (nSPS) is 17.5. The Morgan fingerprint density at radius 3 is 2.53 bits per heavy atom. The molecule has 1 heterocycles. The van der Waals surface area contributed by atoms with Crippen molar-refractivity contribution in [3.8, 4) is 11.5 Å². The summed E-state index contributed by atoms with van der Waals surface area (Å²) in [5.74, 6) is 2.42. The summed E-state index contributed by atoms with van der Waals surface area (Å²) >= 11 is 0. The first kappa shape index (κ1) is 26.3. The molecular weight excluding hydrogens is 523 g/mol. The molecule has 9 heteroatoms. The minimum absolute atomic E-state index is 0. The number of amides is 1. The fraction of sp³-hybridized carbons (Fsp3) is 0.652. The highest BCUT2D eigenvalue weighted by molar-refractivity contribution is 14.0. The van der Waals surface area contributed by atoms with Crippen LogP contribution in [0.25, 0.3) is 0 Å². The number of halogens is 1.